The third kappa shape index (κ3) is 4.81. The lowest BCUT2D eigenvalue weighted by Gasteiger charge is -2.11. The Labute approximate surface area is 126 Å². The molecule has 0 saturated carbocycles. The smallest absolute Gasteiger partial charge is 0.187 e. The van der Waals surface area contributed by atoms with Gasteiger partial charge in [-0.05, 0) is 38.0 Å². The first-order valence-corrected chi connectivity index (χ1v) is 7.21. The third-order valence-electron chi connectivity index (χ3n) is 2.94. The van der Waals surface area contributed by atoms with Crippen molar-refractivity contribution in [2.75, 3.05) is 6.54 Å². The molecule has 0 spiro atoms. The first-order chi connectivity index (χ1) is 9.45. The molecule has 0 amide bonds. The summed E-state index contributed by atoms with van der Waals surface area (Å²) in [6.07, 6.45) is 3.55. The summed E-state index contributed by atoms with van der Waals surface area (Å²) in [5, 5.41) is 7.62. The van der Waals surface area contributed by atoms with Crippen LogP contribution in [0.4, 0.5) is 0 Å². The number of hydrogen-bond acceptors (Lipinski definition) is 2. The fourth-order valence-electron chi connectivity index (χ4n) is 1.97. The standard InChI is InChI=1S/C15H24N4S/c1-6-7-16-15(20)18-17-9-14-8-12(4)19(13(14)5)10-11(2)3/h6,8-9,11H,1,7,10H2,2-5H3,(H2,16,18,20)/b17-9-. The van der Waals surface area contributed by atoms with Crippen molar-refractivity contribution >= 4 is 23.5 Å². The molecule has 1 heterocycles. The van der Waals surface area contributed by atoms with E-state index >= 15 is 0 Å². The molecule has 20 heavy (non-hydrogen) atoms. The summed E-state index contributed by atoms with van der Waals surface area (Å²) in [4.78, 5) is 0. The molecule has 0 atom stereocenters. The molecule has 5 heteroatoms. The van der Waals surface area contributed by atoms with Gasteiger partial charge < -0.3 is 9.88 Å². The summed E-state index contributed by atoms with van der Waals surface area (Å²) < 4.78 is 2.32. The van der Waals surface area contributed by atoms with E-state index in [0.29, 0.717) is 17.6 Å². The van der Waals surface area contributed by atoms with Crippen LogP contribution in [-0.2, 0) is 6.54 Å². The lowest BCUT2D eigenvalue weighted by atomic mass is 10.2. The largest absolute Gasteiger partial charge is 0.358 e. The van der Waals surface area contributed by atoms with Crippen molar-refractivity contribution in [3.8, 4) is 0 Å². The maximum Gasteiger partial charge on any atom is 0.187 e. The van der Waals surface area contributed by atoms with Crippen LogP contribution in [-0.4, -0.2) is 22.4 Å². The van der Waals surface area contributed by atoms with Gasteiger partial charge in [0.1, 0.15) is 0 Å². The van der Waals surface area contributed by atoms with E-state index in [2.05, 4.69) is 60.8 Å². The second kappa shape index (κ2) is 7.85. The minimum Gasteiger partial charge on any atom is -0.358 e. The average molecular weight is 292 g/mol. The summed E-state index contributed by atoms with van der Waals surface area (Å²) in [5.41, 5.74) is 6.39. The van der Waals surface area contributed by atoms with Gasteiger partial charge in [-0.25, -0.2) is 0 Å². The highest BCUT2D eigenvalue weighted by molar-refractivity contribution is 7.80. The Morgan fingerprint density at radius 2 is 2.20 bits per heavy atom. The van der Waals surface area contributed by atoms with Crippen molar-refractivity contribution in [1.82, 2.24) is 15.3 Å². The van der Waals surface area contributed by atoms with E-state index in [1.54, 1.807) is 12.3 Å². The van der Waals surface area contributed by atoms with Crippen molar-refractivity contribution in [1.29, 1.82) is 0 Å². The van der Waals surface area contributed by atoms with Crippen LogP contribution in [0.3, 0.4) is 0 Å². The van der Waals surface area contributed by atoms with E-state index in [0.717, 1.165) is 12.1 Å². The van der Waals surface area contributed by atoms with Gasteiger partial charge in [0.2, 0.25) is 0 Å². The van der Waals surface area contributed by atoms with Crippen LogP contribution in [0.1, 0.15) is 30.8 Å². The van der Waals surface area contributed by atoms with Crippen LogP contribution >= 0.6 is 12.2 Å². The first-order valence-electron chi connectivity index (χ1n) is 6.80. The molecule has 0 unspecified atom stereocenters. The Hall–Kier alpha value is -1.62. The quantitative estimate of drug-likeness (QED) is 0.367. The van der Waals surface area contributed by atoms with Gasteiger partial charge in [-0.1, -0.05) is 19.9 Å². The van der Waals surface area contributed by atoms with Gasteiger partial charge in [0.05, 0.1) is 6.21 Å². The van der Waals surface area contributed by atoms with Crippen molar-refractivity contribution in [3.05, 3.63) is 35.7 Å². The Morgan fingerprint density at radius 3 is 2.80 bits per heavy atom. The van der Waals surface area contributed by atoms with Gasteiger partial charge >= 0.3 is 0 Å². The lowest BCUT2D eigenvalue weighted by molar-refractivity contribution is 0.509. The highest BCUT2D eigenvalue weighted by Gasteiger charge is 2.08. The van der Waals surface area contributed by atoms with E-state index in [1.807, 2.05) is 0 Å². The predicted molar refractivity (Wildman–Crippen MR) is 90.3 cm³/mol. The second-order valence-electron chi connectivity index (χ2n) is 5.20. The lowest BCUT2D eigenvalue weighted by Crippen LogP contribution is -2.31. The maximum atomic E-state index is 5.07. The first kappa shape index (κ1) is 16.4. The molecule has 2 N–H and O–H groups in total. The summed E-state index contributed by atoms with van der Waals surface area (Å²) in [5.74, 6) is 0.624. The Bertz CT molecular complexity index is 500. The van der Waals surface area contributed by atoms with Crippen LogP contribution in [0.15, 0.2) is 23.8 Å². The van der Waals surface area contributed by atoms with Crippen molar-refractivity contribution in [2.24, 2.45) is 11.0 Å². The maximum absolute atomic E-state index is 5.07. The molecule has 0 radical (unpaired) electrons. The van der Waals surface area contributed by atoms with Crippen LogP contribution in [0, 0.1) is 19.8 Å². The van der Waals surface area contributed by atoms with Crippen molar-refractivity contribution in [3.63, 3.8) is 0 Å². The van der Waals surface area contributed by atoms with E-state index in [1.165, 1.54) is 11.4 Å². The Balaban J connectivity index is 2.68. The van der Waals surface area contributed by atoms with Gasteiger partial charge in [0.15, 0.2) is 5.11 Å². The summed E-state index contributed by atoms with van der Waals surface area (Å²) in [6, 6.07) is 2.14. The van der Waals surface area contributed by atoms with Gasteiger partial charge in [-0.15, -0.1) is 6.58 Å². The van der Waals surface area contributed by atoms with Crippen LogP contribution in [0.2, 0.25) is 0 Å². The van der Waals surface area contributed by atoms with Crippen LogP contribution in [0.25, 0.3) is 0 Å². The zero-order valence-corrected chi connectivity index (χ0v) is 13.5. The average Bonchev–Trinajstić information content (AvgIpc) is 2.64. The van der Waals surface area contributed by atoms with E-state index in [-0.39, 0.29) is 0 Å². The zero-order chi connectivity index (χ0) is 15.1. The Kier molecular flexibility index (Phi) is 6.45. The number of hydrogen-bond donors (Lipinski definition) is 2. The molecule has 0 bridgehead atoms. The summed E-state index contributed by atoms with van der Waals surface area (Å²) in [7, 11) is 0. The van der Waals surface area contributed by atoms with Gasteiger partial charge in [0, 0.05) is 30.0 Å². The van der Waals surface area contributed by atoms with Gasteiger partial charge in [-0.2, -0.15) is 5.10 Å². The molecule has 110 valence electrons. The van der Waals surface area contributed by atoms with Gasteiger partial charge in [-0.3, -0.25) is 5.43 Å². The summed E-state index contributed by atoms with van der Waals surface area (Å²) in [6.45, 7) is 14.0. The minimum atomic E-state index is 0.497. The molecule has 0 fully saturated rings. The number of aromatic nitrogens is 1. The fourth-order valence-corrected chi connectivity index (χ4v) is 2.11. The molecule has 0 aliphatic carbocycles. The highest BCUT2D eigenvalue weighted by atomic mass is 32.1. The second-order valence-corrected chi connectivity index (χ2v) is 5.61. The Morgan fingerprint density at radius 1 is 1.50 bits per heavy atom. The van der Waals surface area contributed by atoms with E-state index < -0.39 is 0 Å². The fraction of sp³-hybridized carbons (Fsp3) is 0.467. The summed E-state index contributed by atoms with van der Waals surface area (Å²) >= 11 is 5.07. The number of nitrogens with zero attached hydrogens (tertiary/aromatic N) is 2. The zero-order valence-electron chi connectivity index (χ0n) is 12.7. The van der Waals surface area contributed by atoms with Crippen LogP contribution < -0.4 is 10.7 Å². The van der Waals surface area contributed by atoms with E-state index in [4.69, 9.17) is 12.2 Å². The van der Waals surface area contributed by atoms with E-state index in [9.17, 15) is 0 Å². The molecular formula is C15H24N4S. The highest BCUT2D eigenvalue weighted by Crippen LogP contribution is 2.15. The number of nitrogens with one attached hydrogen (secondary N) is 2. The molecule has 0 aliphatic heterocycles. The van der Waals surface area contributed by atoms with Crippen molar-refractivity contribution < 1.29 is 0 Å². The molecule has 0 saturated heterocycles. The predicted octanol–water partition coefficient (Wildman–Crippen LogP) is 2.74. The molecular weight excluding hydrogens is 268 g/mol. The number of hydrazone groups is 1. The van der Waals surface area contributed by atoms with Gasteiger partial charge in [0.25, 0.3) is 0 Å². The third-order valence-corrected chi connectivity index (χ3v) is 3.17. The minimum absolute atomic E-state index is 0.497. The molecule has 1 aromatic rings. The van der Waals surface area contributed by atoms with Crippen molar-refractivity contribution in [2.45, 2.75) is 34.2 Å². The molecule has 0 aromatic carbocycles. The monoisotopic (exact) mass is 292 g/mol. The van der Waals surface area contributed by atoms with Crippen LogP contribution in [0.5, 0.6) is 0 Å². The molecule has 4 nitrogen and oxygen atoms in total. The topological polar surface area (TPSA) is 41.4 Å². The number of thiocarbonyl (C=S) groups is 1. The molecule has 1 aromatic heterocycles. The molecule has 0 aliphatic rings. The number of rotatable bonds is 6. The normalized spacial score (nSPS) is 11.1. The molecule has 1 rings (SSSR count). The number of aryl methyl sites for hydroxylation is 1. The SMILES string of the molecule is C=CCNC(=S)N/N=C\c1cc(C)n(CC(C)C)c1C.